The highest BCUT2D eigenvalue weighted by molar-refractivity contribution is 7.15. The van der Waals surface area contributed by atoms with E-state index in [1.165, 1.54) is 11.3 Å². The van der Waals surface area contributed by atoms with E-state index in [1.54, 1.807) is 5.48 Å². The zero-order valence-electron chi connectivity index (χ0n) is 19.9. The van der Waals surface area contributed by atoms with Crippen molar-refractivity contribution in [1.29, 1.82) is 0 Å². The Kier molecular flexibility index (Phi) is 9.57. The Morgan fingerprint density at radius 2 is 1.54 bits per heavy atom. The zero-order valence-corrected chi connectivity index (χ0v) is 20.7. The Hall–Kier alpha value is -3.49. The maximum absolute atomic E-state index is 13.3. The lowest BCUT2D eigenvalue weighted by Crippen LogP contribution is -2.43. The zero-order chi connectivity index (χ0) is 25.2. The van der Waals surface area contributed by atoms with Crippen LogP contribution in [0.4, 0.5) is 0 Å². The van der Waals surface area contributed by atoms with Gasteiger partial charge in [0.2, 0.25) is 17.7 Å². The standard InChI is InChI=1S/C27H31N3O4S/c1-18(2)15-21(16-24(31)30-34)26(32)29-25(27(33)28-17-19-9-5-3-6-10-19)23-14-13-22(35-23)20-11-7-4-8-12-20/h3-14,18,21,25,34H,15-17H2,1-2H3,(H,28,33)(H,29,32)(H,30,31)/t21-,25?/m1/s1. The predicted molar refractivity (Wildman–Crippen MR) is 136 cm³/mol. The number of rotatable bonds is 11. The highest BCUT2D eigenvalue weighted by atomic mass is 32.1. The maximum atomic E-state index is 13.3. The second-order valence-electron chi connectivity index (χ2n) is 8.78. The maximum Gasteiger partial charge on any atom is 0.248 e. The summed E-state index contributed by atoms with van der Waals surface area (Å²) in [5.41, 5.74) is 3.56. The molecule has 0 aliphatic carbocycles. The van der Waals surface area contributed by atoms with Gasteiger partial charge < -0.3 is 10.6 Å². The molecule has 2 atom stereocenters. The Bertz CT molecular complexity index is 1120. The van der Waals surface area contributed by atoms with Crippen LogP contribution in [0.1, 0.15) is 43.2 Å². The molecule has 3 rings (SSSR count). The van der Waals surface area contributed by atoms with Gasteiger partial charge in [0.05, 0.1) is 0 Å². The van der Waals surface area contributed by atoms with Crippen molar-refractivity contribution in [1.82, 2.24) is 16.1 Å². The van der Waals surface area contributed by atoms with Gasteiger partial charge in [-0.1, -0.05) is 74.5 Å². The van der Waals surface area contributed by atoms with Gasteiger partial charge in [0.15, 0.2) is 0 Å². The molecule has 1 aromatic heterocycles. The molecule has 184 valence electrons. The van der Waals surface area contributed by atoms with Gasteiger partial charge in [-0.25, -0.2) is 5.48 Å². The number of benzene rings is 2. The first kappa shape index (κ1) is 26.1. The Morgan fingerprint density at radius 1 is 0.886 bits per heavy atom. The van der Waals surface area contributed by atoms with E-state index >= 15 is 0 Å². The van der Waals surface area contributed by atoms with Crippen molar-refractivity contribution >= 4 is 29.1 Å². The van der Waals surface area contributed by atoms with E-state index < -0.39 is 23.8 Å². The number of thiophene rings is 1. The van der Waals surface area contributed by atoms with E-state index in [9.17, 15) is 14.4 Å². The molecule has 3 aromatic rings. The normalized spacial score (nSPS) is 12.6. The molecule has 0 bridgehead atoms. The lowest BCUT2D eigenvalue weighted by atomic mass is 9.92. The highest BCUT2D eigenvalue weighted by Crippen LogP contribution is 2.32. The minimum atomic E-state index is -0.916. The summed E-state index contributed by atoms with van der Waals surface area (Å²) >= 11 is 1.44. The van der Waals surface area contributed by atoms with Gasteiger partial charge in [-0.2, -0.15) is 0 Å². The van der Waals surface area contributed by atoms with Crippen molar-refractivity contribution in [2.45, 2.75) is 39.3 Å². The monoisotopic (exact) mass is 493 g/mol. The van der Waals surface area contributed by atoms with Crippen LogP contribution in [0.25, 0.3) is 10.4 Å². The summed E-state index contributed by atoms with van der Waals surface area (Å²) < 4.78 is 0. The minimum Gasteiger partial charge on any atom is -0.350 e. The molecule has 0 aliphatic heterocycles. The molecule has 0 spiro atoms. The lowest BCUT2D eigenvalue weighted by Gasteiger charge is -2.22. The third-order valence-corrected chi connectivity index (χ3v) is 6.71. The molecule has 0 saturated heterocycles. The first-order chi connectivity index (χ1) is 16.9. The molecule has 1 heterocycles. The van der Waals surface area contributed by atoms with Crippen molar-refractivity contribution in [3.8, 4) is 10.4 Å². The summed E-state index contributed by atoms with van der Waals surface area (Å²) in [5.74, 6) is -1.91. The molecule has 8 heteroatoms. The van der Waals surface area contributed by atoms with Gasteiger partial charge >= 0.3 is 0 Å². The van der Waals surface area contributed by atoms with Crippen LogP contribution in [0.5, 0.6) is 0 Å². The minimum absolute atomic E-state index is 0.147. The van der Waals surface area contributed by atoms with Crippen LogP contribution in [0, 0.1) is 11.8 Å². The van der Waals surface area contributed by atoms with Crippen LogP contribution in [0.15, 0.2) is 72.8 Å². The Morgan fingerprint density at radius 3 is 2.17 bits per heavy atom. The number of carbonyl (C=O) groups excluding carboxylic acids is 3. The summed E-state index contributed by atoms with van der Waals surface area (Å²) in [6.45, 7) is 4.23. The lowest BCUT2D eigenvalue weighted by molar-refractivity contribution is -0.136. The van der Waals surface area contributed by atoms with Gasteiger partial charge in [0.1, 0.15) is 6.04 Å². The fourth-order valence-electron chi connectivity index (χ4n) is 3.80. The number of hydroxylamine groups is 1. The number of amides is 3. The summed E-state index contributed by atoms with van der Waals surface area (Å²) in [6.07, 6.45) is 0.274. The fourth-order valence-corrected chi connectivity index (χ4v) is 4.86. The quantitative estimate of drug-likeness (QED) is 0.234. The van der Waals surface area contributed by atoms with Crippen molar-refractivity contribution in [3.05, 3.63) is 83.2 Å². The summed E-state index contributed by atoms with van der Waals surface area (Å²) in [4.78, 5) is 40.0. The van der Waals surface area contributed by atoms with E-state index in [0.717, 1.165) is 16.0 Å². The Labute approximate surface area is 209 Å². The van der Waals surface area contributed by atoms with E-state index in [2.05, 4.69) is 10.6 Å². The smallest absolute Gasteiger partial charge is 0.248 e. The van der Waals surface area contributed by atoms with E-state index in [0.29, 0.717) is 17.8 Å². The van der Waals surface area contributed by atoms with Gasteiger partial charge in [-0.15, -0.1) is 11.3 Å². The molecule has 0 saturated carbocycles. The topological polar surface area (TPSA) is 108 Å². The summed E-state index contributed by atoms with van der Waals surface area (Å²) in [7, 11) is 0. The fraction of sp³-hybridized carbons (Fsp3) is 0.296. The average molecular weight is 494 g/mol. The van der Waals surface area contributed by atoms with E-state index in [4.69, 9.17) is 5.21 Å². The van der Waals surface area contributed by atoms with Crippen LogP contribution in [-0.4, -0.2) is 22.9 Å². The van der Waals surface area contributed by atoms with E-state index in [1.807, 2.05) is 86.6 Å². The van der Waals surface area contributed by atoms with Crippen molar-refractivity contribution < 1.29 is 19.6 Å². The summed E-state index contributed by atoms with van der Waals surface area (Å²) in [6, 6.07) is 22.2. The largest absolute Gasteiger partial charge is 0.350 e. The number of hydrogen-bond acceptors (Lipinski definition) is 5. The number of hydrogen-bond donors (Lipinski definition) is 4. The third-order valence-electron chi connectivity index (χ3n) is 5.51. The summed E-state index contributed by atoms with van der Waals surface area (Å²) in [5, 5.41) is 14.7. The molecule has 4 N–H and O–H groups in total. The van der Waals surface area contributed by atoms with Crippen molar-refractivity contribution in [2.75, 3.05) is 0 Å². The molecule has 1 unspecified atom stereocenters. The van der Waals surface area contributed by atoms with Gasteiger partial charge in [0, 0.05) is 28.6 Å². The average Bonchev–Trinajstić information content (AvgIpc) is 3.36. The molecule has 0 fully saturated rings. The predicted octanol–water partition coefficient (Wildman–Crippen LogP) is 4.45. The first-order valence-corrected chi connectivity index (χ1v) is 12.4. The van der Waals surface area contributed by atoms with Gasteiger partial charge in [0.25, 0.3) is 0 Å². The van der Waals surface area contributed by atoms with Gasteiger partial charge in [-0.3, -0.25) is 19.6 Å². The Balaban J connectivity index is 1.83. The van der Waals surface area contributed by atoms with Crippen LogP contribution >= 0.6 is 11.3 Å². The number of carbonyl (C=O) groups is 3. The van der Waals surface area contributed by atoms with Gasteiger partial charge in [-0.05, 0) is 35.6 Å². The van der Waals surface area contributed by atoms with Crippen LogP contribution in [-0.2, 0) is 20.9 Å². The third kappa shape index (κ3) is 7.77. The van der Waals surface area contributed by atoms with Crippen LogP contribution in [0.2, 0.25) is 0 Å². The van der Waals surface area contributed by atoms with Crippen molar-refractivity contribution in [2.24, 2.45) is 11.8 Å². The number of nitrogens with one attached hydrogen (secondary N) is 3. The van der Waals surface area contributed by atoms with Crippen molar-refractivity contribution in [3.63, 3.8) is 0 Å². The molecule has 7 nitrogen and oxygen atoms in total. The molecule has 2 aromatic carbocycles. The molecular formula is C27H31N3O4S. The molecular weight excluding hydrogens is 462 g/mol. The SMILES string of the molecule is CC(C)C[C@H](CC(=O)NO)C(=O)NC(C(=O)NCc1ccccc1)c1ccc(-c2ccccc2)s1. The molecule has 35 heavy (non-hydrogen) atoms. The van der Waals surface area contributed by atoms with E-state index in [-0.39, 0.29) is 18.2 Å². The molecule has 0 radical (unpaired) electrons. The van der Waals surface area contributed by atoms with Crippen LogP contribution < -0.4 is 16.1 Å². The molecule has 3 amide bonds. The second-order valence-corrected chi connectivity index (χ2v) is 9.89. The molecule has 0 aliphatic rings. The highest BCUT2D eigenvalue weighted by Gasteiger charge is 2.29. The second kappa shape index (κ2) is 12.8. The first-order valence-electron chi connectivity index (χ1n) is 11.6. The van der Waals surface area contributed by atoms with Crippen LogP contribution in [0.3, 0.4) is 0 Å².